The van der Waals surface area contributed by atoms with Gasteiger partial charge in [0.25, 0.3) is 0 Å². The molecule has 0 unspecified atom stereocenters. The molecule has 1 aromatic heterocycles. The zero-order valence-corrected chi connectivity index (χ0v) is 12.6. The fourth-order valence-electron chi connectivity index (χ4n) is 1.59. The Balaban J connectivity index is 2.10. The van der Waals surface area contributed by atoms with Gasteiger partial charge in [0, 0.05) is 11.0 Å². The van der Waals surface area contributed by atoms with Crippen LogP contribution >= 0.6 is 27.5 Å². The van der Waals surface area contributed by atoms with E-state index >= 15 is 0 Å². The number of nitrogens with zero attached hydrogens (tertiary/aromatic N) is 2. The molecule has 5 nitrogen and oxygen atoms in total. The highest BCUT2D eigenvalue weighted by Gasteiger charge is 2.20. The van der Waals surface area contributed by atoms with Crippen molar-refractivity contribution in [1.29, 1.82) is 0 Å². The molecule has 19 heavy (non-hydrogen) atoms. The minimum Gasteiger partial charge on any atom is -0.480 e. The zero-order chi connectivity index (χ0) is 13.8. The van der Waals surface area contributed by atoms with Crippen LogP contribution in [0.15, 0.2) is 18.2 Å². The van der Waals surface area contributed by atoms with Crippen molar-refractivity contribution in [1.82, 2.24) is 9.88 Å². The van der Waals surface area contributed by atoms with Gasteiger partial charge in [0.1, 0.15) is 11.6 Å². The number of pyridine rings is 1. The lowest BCUT2D eigenvalue weighted by Gasteiger charge is -2.10. The fourth-order valence-corrected chi connectivity index (χ4v) is 2.13. The molecule has 1 fully saturated rings. The molecule has 2 heterocycles. The van der Waals surface area contributed by atoms with Gasteiger partial charge in [-0.2, -0.15) is 0 Å². The van der Waals surface area contributed by atoms with E-state index < -0.39 is 0 Å². The Bertz CT molecular complexity index is 522. The Morgan fingerprint density at radius 2 is 2.47 bits per heavy atom. The van der Waals surface area contributed by atoms with Gasteiger partial charge in [0.05, 0.1) is 19.3 Å². The second-order valence-electron chi connectivity index (χ2n) is 3.80. The van der Waals surface area contributed by atoms with Gasteiger partial charge in [-0.1, -0.05) is 11.6 Å². The number of rotatable bonds is 4. The average molecular weight is 348 g/mol. The van der Waals surface area contributed by atoms with E-state index in [1.807, 2.05) is 6.08 Å². The Kier molecular flexibility index (Phi) is 4.66. The number of amides is 1. The standard InChI is InChI=1S/C12H12BrClN2O3/c1-18-11-9(14)2-3-10(15-11)8(13)4-5-16-6-7-19-12(16)17/h2-4H,5-7H2,1H3/b8-4-. The van der Waals surface area contributed by atoms with Crippen LogP contribution in [-0.2, 0) is 4.74 Å². The quantitative estimate of drug-likeness (QED) is 0.840. The van der Waals surface area contributed by atoms with Gasteiger partial charge in [-0.3, -0.25) is 0 Å². The van der Waals surface area contributed by atoms with Crippen molar-refractivity contribution in [3.8, 4) is 5.88 Å². The fraction of sp³-hybridized carbons (Fsp3) is 0.333. The van der Waals surface area contributed by atoms with Crippen molar-refractivity contribution in [3.05, 3.63) is 28.9 Å². The van der Waals surface area contributed by atoms with Crippen molar-refractivity contribution < 1.29 is 14.3 Å². The first-order valence-corrected chi connectivity index (χ1v) is 6.77. The van der Waals surface area contributed by atoms with Gasteiger partial charge in [0.15, 0.2) is 0 Å². The molecule has 0 aromatic carbocycles. The highest BCUT2D eigenvalue weighted by molar-refractivity contribution is 9.15. The monoisotopic (exact) mass is 346 g/mol. The largest absolute Gasteiger partial charge is 0.480 e. The summed E-state index contributed by atoms with van der Waals surface area (Å²) in [5, 5.41) is 0.453. The van der Waals surface area contributed by atoms with Gasteiger partial charge in [0.2, 0.25) is 5.88 Å². The number of methoxy groups -OCH3 is 1. The van der Waals surface area contributed by atoms with Crippen molar-refractivity contribution in [2.75, 3.05) is 26.8 Å². The van der Waals surface area contributed by atoms with Crippen LogP contribution in [0.2, 0.25) is 5.02 Å². The van der Waals surface area contributed by atoms with Crippen LogP contribution < -0.4 is 4.74 Å². The molecule has 1 aliphatic rings. The van der Waals surface area contributed by atoms with E-state index in [0.717, 1.165) is 4.48 Å². The lowest BCUT2D eigenvalue weighted by molar-refractivity contribution is 0.161. The Morgan fingerprint density at radius 3 is 3.11 bits per heavy atom. The summed E-state index contributed by atoms with van der Waals surface area (Å²) >= 11 is 9.33. The molecule has 2 rings (SSSR count). The summed E-state index contributed by atoms with van der Waals surface area (Å²) in [5.41, 5.74) is 0.689. The highest BCUT2D eigenvalue weighted by atomic mass is 79.9. The van der Waals surface area contributed by atoms with Crippen LogP contribution in [0.4, 0.5) is 4.79 Å². The summed E-state index contributed by atoms with van der Waals surface area (Å²) in [4.78, 5) is 17.1. The topological polar surface area (TPSA) is 51.7 Å². The minimum absolute atomic E-state index is 0.293. The number of carbonyl (C=O) groups excluding carboxylic acids is 1. The van der Waals surface area contributed by atoms with Crippen molar-refractivity contribution >= 4 is 38.1 Å². The summed E-state index contributed by atoms with van der Waals surface area (Å²) < 4.78 is 10.7. The summed E-state index contributed by atoms with van der Waals surface area (Å²) in [6, 6.07) is 3.48. The number of hydrogen-bond acceptors (Lipinski definition) is 4. The first-order valence-electron chi connectivity index (χ1n) is 5.60. The predicted molar refractivity (Wildman–Crippen MR) is 75.6 cm³/mol. The van der Waals surface area contributed by atoms with Gasteiger partial charge in [-0.15, -0.1) is 0 Å². The molecule has 1 saturated heterocycles. The van der Waals surface area contributed by atoms with Gasteiger partial charge in [-0.05, 0) is 34.1 Å². The number of carbonyl (C=O) groups is 1. The summed E-state index contributed by atoms with van der Waals surface area (Å²) in [6.45, 7) is 1.51. The molecule has 7 heteroatoms. The SMILES string of the molecule is COc1nc(/C(Br)=C/CN2CCOC2=O)ccc1Cl. The maximum atomic E-state index is 11.3. The zero-order valence-electron chi connectivity index (χ0n) is 10.2. The molecule has 0 spiro atoms. The Morgan fingerprint density at radius 1 is 1.68 bits per heavy atom. The Hall–Kier alpha value is -1.27. The second-order valence-corrected chi connectivity index (χ2v) is 5.06. The molecule has 0 radical (unpaired) electrons. The lowest BCUT2D eigenvalue weighted by atomic mass is 10.3. The van der Waals surface area contributed by atoms with E-state index in [1.165, 1.54) is 7.11 Å². The van der Waals surface area contributed by atoms with Crippen molar-refractivity contribution in [3.63, 3.8) is 0 Å². The number of halogens is 2. The van der Waals surface area contributed by atoms with Crippen LogP contribution in [0.5, 0.6) is 5.88 Å². The molecule has 0 saturated carbocycles. The van der Waals surface area contributed by atoms with Crippen LogP contribution in [-0.4, -0.2) is 42.8 Å². The van der Waals surface area contributed by atoms with Crippen LogP contribution in [0.1, 0.15) is 5.69 Å². The number of aromatic nitrogens is 1. The molecule has 1 aromatic rings. The molecule has 0 bridgehead atoms. The maximum Gasteiger partial charge on any atom is 0.410 e. The van der Waals surface area contributed by atoms with Gasteiger partial charge >= 0.3 is 6.09 Å². The number of hydrogen-bond donors (Lipinski definition) is 0. The molecule has 1 aliphatic heterocycles. The van der Waals surface area contributed by atoms with E-state index in [0.29, 0.717) is 36.3 Å². The van der Waals surface area contributed by atoms with Crippen LogP contribution in [0.3, 0.4) is 0 Å². The van der Waals surface area contributed by atoms with E-state index in [-0.39, 0.29) is 6.09 Å². The molecule has 0 N–H and O–H groups in total. The molecular weight excluding hydrogens is 336 g/mol. The molecule has 0 atom stereocenters. The van der Waals surface area contributed by atoms with Crippen molar-refractivity contribution in [2.45, 2.75) is 0 Å². The first-order chi connectivity index (χ1) is 9.11. The van der Waals surface area contributed by atoms with Gasteiger partial charge < -0.3 is 14.4 Å². The van der Waals surface area contributed by atoms with Crippen molar-refractivity contribution in [2.24, 2.45) is 0 Å². The van der Waals surface area contributed by atoms with Crippen LogP contribution in [0.25, 0.3) is 4.48 Å². The highest BCUT2D eigenvalue weighted by Crippen LogP contribution is 2.27. The summed E-state index contributed by atoms with van der Waals surface area (Å²) in [7, 11) is 1.51. The minimum atomic E-state index is -0.293. The number of cyclic esters (lactones) is 1. The molecule has 1 amide bonds. The molecule has 0 aliphatic carbocycles. The van der Waals surface area contributed by atoms with E-state index in [9.17, 15) is 4.79 Å². The lowest BCUT2D eigenvalue weighted by Crippen LogP contribution is -2.24. The van der Waals surface area contributed by atoms with Gasteiger partial charge in [-0.25, -0.2) is 9.78 Å². The molecule has 102 valence electrons. The third-order valence-electron chi connectivity index (χ3n) is 2.59. The average Bonchev–Trinajstić information content (AvgIpc) is 2.82. The normalized spacial score (nSPS) is 15.6. The first kappa shape index (κ1) is 14.1. The predicted octanol–water partition coefficient (Wildman–Crippen LogP) is 2.93. The summed E-state index contributed by atoms with van der Waals surface area (Å²) in [6.07, 6.45) is 1.56. The molecular formula is C12H12BrClN2O3. The number of ether oxygens (including phenoxy) is 2. The smallest absolute Gasteiger partial charge is 0.410 e. The third-order valence-corrected chi connectivity index (χ3v) is 3.61. The third kappa shape index (κ3) is 3.39. The van der Waals surface area contributed by atoms with E-state index in [4.69, 9.17) is 21.1 Å². The Labute approximate surface area is 124 Å². The summed E-state index contributed by atoms with van der Waals surface area (Å²) in [5.74, 6) is 0.366. The maximum absolute atomic E-state index is 11.3. The van der Waals surface area contributed by atoms with Crippen LogP contribution in [0, 0.1) is 0 Å². The van der Waals surface area contributed by atoms with E-state index in [1.54, 1.807) is 17.0 Å². The second kappa shape index (κ2) is 6.25. The van der Waals surface area contributed by atoms with E-state index in [2.05, 4.69) is 20.9 Å².